The Bertz CT molecular complexity index is 591. The van der Waals surface area contributed by atoms with Gasteiger partial charge in [-0.05, 0) is 32.1 Å². The summed E-state index contributed by atoms with van der Waals surface area (Å²) in [5.41, 5.74) is 1.89. The number of aromatic nitrogens is 4. The van der Waals surface area contributed by atoms with Gasteiger partial charge in [0.25, 0.3) is 0 Å². The molecule has 4 rings (SSSR count). The van der Waals surface area contributed by atoms with E-state index in [-0.39, 0.29) is 0 Å². The highest BCUT2D eigenvalue weighted by Gasteiger charge is 2.37. The van der Waals surface area contributed by atoms with Crippen molar-refractivity contribution in [1.29, 1.82) is 0 Å². The predicted molar refractivity (Wildman–Crippen MR) is 71.8 cm³/mol. The molecular formula is C14H19N5. The van der Waals surface area contributed by atoms with Crippen molar-refractivity contribution >= 4 is 5.65 Å². The molecule has 3 heterocycles. The summed E-state index contributed by atoms with van der Waals surface area (Å²) in [6, 6.07) is 3.01. The minimum absolute atomic E-state index is 0.340. The Hall–Kier alpha value is -1.49. The molecule has 0 aromatic carbocycles. The van der Waals surface area contributed by atoms with Gasteiger partial charge in [-0.3, -0.25) is 4.40 Å². The monoisotopic (exact) mass is 257 g/mol. The van der Waals surface area contributed by atoms with Gasteiger partial charge in [0, 0.05) is 17.8 Å². The molecule has 2 aromatic rings. The lowest BCUT2D eigenvalue weighted by atomic mass is 9.85. The Morgan fingerprint density at radius 3 is 3.05 bits per heavy atom. The van der Waals surface area contributed by atoms with Crippen molar-refractivity contribution in [2.75, 3.05) is 0 Å². The molecule has 0 bridgehead atoms. The highest BCUT2D eigenvalue weighted by molar-refractivity contribution is 5.38. The fourth-order valence-corrected chi connectivity index (χ4v) is 3.66. The molecule has 19 heavy (non-hydrogen) atoms. The molecule has 1 aliphatic carbocycles. The molecule has 1 saturated carbocycles. The average molecular weight is 257 g/mol. The zero-order valence-electron chi connectivity index (χ0n) is 11.2. The summed E-state index contributed by atoms with van der Waals surface area (Å²) in [4.78, 5) is 4.36. The normalized spacial score (nSPS) is 30.7. The molecule has 1 N–H and O–H groups in total. The van der Waals surface area contributed by atoms with Gasteiger partial charge in [0.15, 0.2) is 11.5 Å². The van der Waals surface area contributed by atoms with E-state index in [9.17, 15) is 0 Å². The number of nitrogens with zero attached hydrogens (tertiary/aromatic N) is 4. The van der Waals surface area contributed by atoms with Crippen LogP contribution in [0.3, 0.4) is 0 Å². The molecule has 5 heteroatoms. The van der Waals surface area contributed by atoms with Gasteiger partial charge in [0.1, 0.15) is 6.33 Å². The third kappa shape index (κ3) is 1.84. The number of fused-ring (bicyclic) bond motifs is 2. The SMILES string of the molecule is Cc1cc2nnc(C3CC4CCCCC4N3)n2cn1. The lowest BCUT2D eigenvalue weighted by Gasteiger charge is -2.24. The van der Waals surface area contributed by atoms with E-state index in [0.29, 0.717) is 12.1 Å². The summed E-state index contributed by atoms with van der Waals surface area (Å²) in [6.07, 6.45) is 8.47. The first-order valence-corrected chi connectivity index (χ1v) is 7.24. The summed E-state index contributed by atoms with van der Waals surface area (Å²) in [6.45, 7) is 1.98. The van der Waals surface area contributed by atoms with Crippen molar-refractivity contribution in [1.82, 2.24) is 24.9 Å². The van der Waals surface area contributed by atoms with Gasteiger partial charge in [0.05, 0.1) is 6.04 Å². The highest BCUT2D eigenvalue weighted by atomic mass is 15.3. The number of rotatable bonds is 1. The van der Waals surface area contributed by atoms with Crippen LogP contribution in [0.4, 0.5) is 0 Å². The van der Waals surface area contributed by atoms with Crippen LogP contribution in [-0.4, -0.2) is 25.6 Å². The van der Waals surface area contributed by atoms with Crippen LogP contribution in [0.2, 0.25) is 0 Å². The molecule has 1 aliphatic heterocycles. The quantitative estimate of drug-likeness (QED) is 0.849. The maximum atomic E-state index is 4.39. The van der Waals surface area contributed by atoms with E-state index in [1.54, 1.807) is 0 Å². The molecule has 2 fully saturated rings. The second-order valence-electron chi connectivity index (χ2n) is 5.92. The Kier molecular flexibility index (Phi) is 2.55. The first kappa shape index (κ1) is 11.3. The van der Waals surface area contributed by atoms with Crippen molar-refractivity contribution in [2.24, 2.45) is 5.92 Å². The van der Waals surface area contributed by atoms with E-state index in [4.69, 9.17) is 0 Å². The maximum absolute atomic E-state index is 4.39. The van der Waals surface area contributed by atoms with Gasteiger partial charge < -0.3 is 5.32 Å². The molecular weight excluding hydrogens is 238 g/mol. The van der Waals surface area contributed by atoms with Crippen LogP contribution in [0.15, 0.2) is 12.4 Å². The largest absolute Gasteiger partial charge is 0.304 e. The first-order valence-electron chi connectivity index (χ1n) is 7.24. The van der Waals surface area contributed by atoms with Crippen LogP contribution < -0.4 is 5.32 Å². The Labute approximate surface area is 112 Å². The molecule has 3 unspecified atom stereocenters. The van der Waals surface area contributed by atoms with Gasteiger partial charge in [0.2, 0.25) is 0 Å². The second kappa shape index (κ2) is 4.27. The highest BCUT2D eigenvalue weighted by Crippen LogP contribution is 2.38. The van der Waals surface area contributed by atoms with Crippen molar-refractivity contribution in [3.8, 4) is 0 Å². The molecule has 5 nitrogen and oxygen atoms in total. The van der Waals surface area contributed by atoms with Crippen LogP contribution in [0.25, 0.3) is 5.65 Å². The Morgan fingerprint density at radius 2 is 2.16 bits per heavy atom. The van der Waals surface area contributed by atoms with E-state index in [1.165, 1.54) is 32.1 Å². The molecule has 2 aromatic heterocycles. The third-order valence-corrected chi connectivity index (χ3v) is 4.64. The number of aryl methyl sites for hydroxylation is 1. The smallest absolute Gasteiger partial charge is 0.163 e. The van der Waals surface area contributed by atoms with E-state index in [0.717, 1.165) is 23.1 Å². The van der Waals surface area contributed by atoms with Crippen LogP contribution in [0.1, 0.15) is 49.7 Å². The van der Waals surface area contributed by atoms with E-state index >= 15 is 0 Å². The van der Waals surface area contributed by atoms with Crippen LogP contribution in [0, 0.1) is 12.8 Å². The zero-order chi connectivity index (χ0) is 12.8. The van der Waals surface area contributed by atoms with Crippen LogP contribution in [0.5, 0.6) is 0 Å². The fraction of sp³-hybridized carbons (Fsp3) is 0.643. The van der Waals surface area contributed by atoms with Crippen molar-refractivity contribution in [3.63, 3.8) is 0 Å². The lowest BCUT2D eigenvalue weighted by Crippen LogP contribution is -2.30. The molecule has 0 radical (unpaired) electrons. The van der Waals surface area contributed by atoms with Crippen molar-refractivity contribution in [3.05, 3.63) is 23.9 Å². The minimum atomic E-state index is 0.340. The summed E-state index contributed by atoms with van der Waals surface area (Å²) in [5, 5.41) is 12.4. The standard InChI is InChI=1S/C14H19N5/c1-9-6-13-17-18-14(19(13)8-15-9)12-7-10-4-2-3-5-11(10)16-12/h6,8,10-12,16H,2-5,7H2,1H3. The number of hydrogen-bond acceptors (Lipinski definition) is 4. The average Bonchev–Trinajstić information content (AvgIpc) is 3.00. The van der Waals surface area contributed by atoms with Crippen LogP contribution >= 0.6 is 0 Å². The molecule has 0 spiro atoms. The van der Waals surface area contributed by atoms with Gasteiger partial charge in [-0.2, -0.15) is 0 Å². The maximum Gasteiger partial charge on any atom is 0.163 e. The van der Waals surface area contributed by atoms with Crippen LogP contribution in [-0.2, 0) is 0 Å². The van der Waals surface area contributed by atoms with Gasteiger partial charge in [-0.15, -0.1) is 10.2 Å². The summed E-state index contributed by atoms with van der Waals surface area (Å²) in [5.74, 6) is 1.85. The minimum Gasteiger partial charge on any atom is -0.304 e. The molecule has 3 atom stereocenters. The molecule has 1 saturated heterocycles. The predicted octanol–water partition coefficient (Wildman–Crippen LogP) is 2.03. The second-order valence-corrected chi connectivity index (χ2v) is 5.92. The Balaban J connectivity index is 1.67. The summed E-state index contributed by atoms with van der Waals surface area (Å²) < 4.78 is 2.03. The van der Waals surface area contributed by atoms with Gasteiger partial charge in [-0.25, -0.2) is 4.98 Å². The molecule has 100 valence electrons. The summed E-state index contributed by atoms with van der Waals surface area (Å²) >= 11 is 0. The van der Waals surface area contributed by atoms with E-state index in [2.05, 4.69) is 20.5 Å². The third-order valence-electron chi connectivity index (χ3n) is 4.64. The lowest BCUT2D eigenvalue weighted by molar-refractivity contribution is 0.325. The topological polar surface area (TPSA) is 55.1 Å². The summed E-state index contributed by atoms with van der Waals surface area (Å²) in [7, 11) is 0. The first-order chi connectivity index (χ1) is 9.31. The van der Waals surface area contributed by atoms with Crippen molar-refractivity contribution < 1.29 is 0 Å². The zero-order valence-corrected chi connectivity index (χ0v) is 11.2. The molecule has 0 amide bonds. The van der Waals surface area contributed by atoms with Crippen molar-refractivity contribution in [2.45, 2.75) is 51.1 Å². The Morgan fingerprint density at radius 1 is 1.26 bits per heavy atom. The van der Waals surface area contributed by atoms with E-state index in [1.807, 2.05) is 23.7 Å². The van der Waals surface area contributed by atoms with Gasteiger partial charge >= 0.3 is 0 Å². The fourth-order valence-electron chi connectivity index (χ4n) is 3.66. The van der Waals surface area contributed by atoms with E-state index < -0.39 is 0 Å². The van der Waals surface area contributed by atoms with Gasteiger partial charge in [-0.1, -0.05) is 12.8 Å². The number of hydrogen-bond donors (Lipinski definition) is 1. The number of nitrogens with one attached hydrogen (secondary N) is 1. The molecule has 2 aliphatic rings.